The first-order valence-corrected chi connectivity index (χ1v) is 5.87. The molecular formula is C11H17F3N2O3. The van der Waals surface area contributed by atoms with Gasteiger partial charge in [0.25, 0.3) is 0 Å². The molecule has 0 aromatic carbocycles. The van der Waals surface area contributed by atoms with Crippen LogP contribution in [0, 0.1) is 11.3 Å². The van der Waals surface area contributed by atoms with Crippen LogP contribution in [-0.4, -0.2) is 47.2 Å². The van der Waals surface area contributed by atoms with E-state index in [0.29, 0.717) is 0 Å². The molecule has 3 N–H and O–H groups in total. The standard InChI is InChI=1S/C11H17F3N2O3/c1-6(2)7(15)8(17)16-4-3-10(5-16,9(18)19)11(12,13)14/h6-7H,3-5,15H2,1-2H3,(H,18,19). The summed E-state index contributed by atoms with van der Waals surface area (Å²) in [7, 11) is 0. The van der Waals surface area contributed by atoms with Crippen LogP contribution < -0.4 is 5.73 Å². The quantitative estimate of drug-likeness (QED) is 0.803. The third-order valence-electron chi connectivity index (χ3n) is 3.54. The zero-order chi connectivity index (χ0) is 15.0. The molecule has 0 aromatic rings. The lowest BCUT2D eigenvalue weighted by Gasteiger charge is -2.28. The number of aliphatic carboxylic acids is 1. The minimum atomic E-state index is -4.89. The summed E-state index contributed by atoms with van der Waals surface area (Å²) in [5.41, 5.74) is 2.72. The van der Waals surface area contributed by atoms with Crippen LogP contribution in [0.25, 0.3) is 0 Å². The summed E-state index contributed by atoms with van der Waals surface area (Å²) < 4.78 is 38.7. The van der Waals surface area contributed by atoms with Gasteiger partial charge in [-0.1, -0.05) is 13.8 Å². The van der Waals surface area contributed by atoms with E-state index >= 15 is 0 Å². The van der Waals surface area contributed by atoms with Crippen LogP contribution in [0.1, 0.15) is 20.3 Å². The molecule has 0 saturated carbocycles. The van der Waals surface area contributed by atoms with Gasteiger partial charge in [0.2, 0.25) is 5.91 Å². The molecule has 5 nitrogen and oxygen atoms in total. The molecule has 1 aliphatic heterocycles. The van der Waals surface area contributed by atoms with E-state index in [2.05, 4.69) is 0 Å². The first-order valence-electron chi connectivity index (χ1n) is 5.87. The predicted molar refractivity (Wildman–Crippen MR) is 60.1 cm³/mol. The summed E-state index contributed by atoms with van der Waals surface area (Å²) >= 11 is 0. The highest BCUT2D eigenvalue weighted by Gasteiger charge is 2.64. The fourth-order valence-electron chi connectivity index (χ4n) is 2.02. The van der Waals surface area contributed by atoms with Crippen molar-refractivity contribution in [2.75, 3.05) is 13.1 Å². The summed E-state index contributed by atoms with van der Waals surface area (Å²) in [6.07, 6.45) is -5.53. The number of hydrogen-bond acceptors (Lipinski definition) is 3. The van der Waals surface area contributed by atoms with E-state index in [1.165, 1.54) is 0 Å². The molecule has 1 aliphatic rings. The lowest BCUT2D eigenvalue weighted by atomic mass is 9.86. The average molecular weight is 282 g/mol. The predicted octanol–water partition coefficient (Wildman–Crippen LogP) is 0.835. The van der Waals surface area contributed by atoms with Crippen molar-refractivity contribution < 1.29 is 27.9 Å². The van der Waals surface area contributed by atoms with Gasteiger partial charge in [-0.2, -0.15) is 13.2 Å². The highest BCUT2D eigenvalue weighted by Crippen LogP contribution is 2.45. The van der Waals surface area contributed by atoms with Gasteiger partial charge in [-0.25, -0.2) is 0 Å². The number of alkyl halides is 3. The van der Waals surface area contributed by atoms with Crippen molar-refractivity contribution in [3.63, 3.8) is 0 Å². The molecule has 0 radical (unpaired) electrons. The van der Waals surface area contributed by atoms with Gasteiger partial charge in [0.1, 0.15) is 0 Å². The Bertz CT molecular complexity index is 384. The Morgan fingerprint density at radius 3 is 2.21 bits per heavy atom. The molecule has 110 valence electrons. The van der Waals surface area contributed by atoms with Crippen molar-refractivity contribution in [3.05, 3.63) is 0 Å². The zero-order valence-electron chi connectivity index (χ0n) is 10.7. The first-order chi connectivity index (χ1) is 8.53. The highest BCUT2D eigenvalue weighted by atomic mass is 19.4. The second-order valence-corrected chi connectivity index (χ2v) is 5.16. The fraction of sp³-hybridized carbons (Fsp3) is 0.818. The third-order valence-corrected chi connectivity index (χ3v) is 3.54. The van der Waals surface area contributed by atoms with Gasteiger partial charge in [-0.15, -0.1) is 0 Å². The molecule has 2 atom stereocenters. The minimum Gasteiger partial charge on any atom is -0.481 e. The lowest BCUT2D eigenvalue weighted by Crippen LogP contribution is -2.50. The number of nitrogens with two attached hydrogens (primary N) is 1. The number of rotatable bonds is 3. The van der Waals surface area contributed by atoms with E-state index < -0.39 is 42.5 Å². The lowest BCUT2D eigenvalue weighted by molar-refractivity contribution is -0.227. The monoisotopic (exact) mass is 282 g/mol. The number of amides is 1. The SMILES string of the molecule is CC(C)C(N)C(=O)N1CCC(C(=O)O)(C(F)(F)F)C1. The third kappa shape index (κ3) is 2.68. The maximum absolute atomic E-state index is 12.9. The Morgan fingerprint density at radius 2 is 1.89 bits per heavy atom. The molecule has 1 saturated heterocycles. The van der Waals surface area contributed by atoms with E-state index in [-0.39, 0.29) is 12.5 Å². The van der Waals surface area contributed by atoms with Gasteiger partial charge in [-0.3, -0.25) is 9.59 Å². The van der Waals surface area contributed by atoms with Crippen LogP contribution >= 0.6 is 0 Å². The zero-order valence-corrected chi connectivity index (χ0v) is 10.7. The van der Waals surface area contributed by atoms with Crippen molar-refractivity contribution in [2.24, 2.45) is 17.1 Å². The van der Waals surface area contributed by atoms with Gasteiger partial charge >= 0.3 is 12.1 Å². The van der Waals surface area contributed by atoms with Crippen LogP contribution in [0.5, 0.6) is 0 Å². The van der Waals surface area contributed by atoms with E-state index in [1.54, 1.807) is 13.8 Å². The van der Waals surface area contributed by atoms with Gasteiger partial charge in [-0.05, 0) is 12.3 Å². The first kappa shape index (κ1) is 15.7. The second kappa shape index (κ2) is 4.99. The summed E-state index contributed by atoms with van der Waals surface area (Å²) in [5.74, 6) is -2.81. The van der Waals surface area contributed by atoms with Gasteiger partial charge in [0, 0.05) is 13.1 Å². The topological polar surface area (TPSA) is 83.6 Å². The largest absolute Gasteiger partial charge is 0.481 e. The molecule has 0 spiro atoms. The molecule has 1 rings (SSSR count). The molecule has 1 fully saturated rings. The smallest absolute Gasteiger partial charge is 0.406 e. The number of likely N-dealkylation sites (tertiary alicyclic amines) is 1. The maximum Gasteiger partial charge on any atom is 0.406 e. The second-order valence-electron chi connectivity index (χ2n) is 5.16. The van der Waals surface area contributed by atoms with Crippen LogP contribution in [-0.2, 0) is 9.59 Å². The fourth-order valence-corrected chi connectivity index (χ4v) is 2.02. The van der Waals surface area contributed by atoms with Gasteiger partial charge < -0.3 is 15.7 Å². The van der Waals surface area contributed by atoms with Crippen LogP contribution in [0.2, 0.25) is 0 Å². The number of nitrogens with zero attached hydrogens (tertiary/aromatic N) is 1. The number of carbonyl (C=O) groups excluding carboxylic acids is 1. The Balaban J connectivity index is 2.93. The molecule has 1 amide bonds. The maximum atomic E-state index is 12.9. The van der Waals surface area contributed by atoms with Crippen LogP contribution in [0.4, 0.5) is 13.2 Å². The van der Waals surface area contributed by atoms with E-state index in [4.69, 9.17) is 10.8 Å². The van der Waals surface area contributed by atoms with Gasteiger partial charge in [0.05, 0.1) is 6.04 Å². The molecular weight excluding hydrogens is 265 g/mol. The number of carbonyl (C=O) groups is 2. The Kier molecular flexibility index (Phi) is 4.14. The van der Waals surface area contributed by atoms with Crippen LogP contribution in [0.15, 0.2) is 0 Å². The van der Waals surface area contributed by atoms with Crippen molar-refractivity contribution in [3.8, 4) is 0 Å². The van der Waals surface area contributed by atoms with E-state index in [9.17, 15) is 22.8 Å². The Morgan fingerprint density at radius 1 is 1.37 bits per heavy atom. The summed E-state index contributed by atoms with van der Waals surface area (Å²) in [6, 6.07) is -0.919. The number of hydrogen-bond donors (Lipinski definition) is 2. The van der Waals surface area contributed by atoms with Crippen molar-refractivity contribution in [2.45, 2.75) is 32.5 Å². The number of carboxylic acid groups (broad SMARTS) is 1. The van der Waals surface area contributed by atoms with Crippen LogP contribution in [0.3, 0.4) is 0 Å². The van der Waals surface area contributed by atoms with Crippen molar-refractivity contribution in [1.29, 1.82) is 0 Å². The molecule has 19 heavy (non-hydrogen) atoms. The highest BCUT2D eigenvalue weighted by molar-refractivity contribution is 5.84. The van der Waals surface area contributed by atoms with E-state index in [1.807, 2.05) is 0 Å². The Hall–Kier alpha value is -1.31. The Labute approximate surface area is 108 Å². The van der Waals surface area contributed by atoms with Crippen molar-refractivity contribution in [1.82, 2.24) is 4.90 Å². The van der Waals surface area contributed by atoms with Gasteiger partial charge in [0.15, 0.2) is 5.41 Å². The normalized spacial score (nSPS) is 25.7. The molecule has 8 heteroatoms. The molecule has 0 aromatic heterocycles. The van der Waals surface area contributed by atoms with Crippen molar-refractivity contribution >= 4 is 11.9 Å². The summed E-state index contributed by atoms with van der Waals surface area (Å²) in [6.45, 7) is 2.23. The molecule has 0 bridgehead atoms. The van der Waals surface area contributed by atoms with E-state index in [0.717, 1.165) is 4.90 Å². The number of carboxylic acids is 1. The number of halogens is 3. The average Bonchev–Trinajstić information content (AvgIpc) is 2.72. The molecule has 0 aliphatic carbocycles. The summed E-state index contributed by atoms with van der Waals surface area (Å²) in [5, 5.41) is 8.86. The minimum absolute atomic E-state index is 0.224. The summed E-state index contributed by atoms with van der Waals surface area (Å²) in [4.78, 5) is 23.7. The molecule has 1 heterocycles. The molecule has 2 unspecified atom stereocenters.